The second-order valence-corrected chi connectivity index (χ2v) is 6.54. The van der Waals surface area contributed by atoms with Gasteiger partial charge in [-0.25, -0.2) is 13.1 Å². The van der Waals surface area contributed by atoms with E-state index in [0.717, 1.165) is 18.7 Å². The van der Waals surface area contributed by atoms with Crippen LogP contribution in [0.2, 0.25) is 0 Å². The molecule has 1 aromatic rings. The van der Waals surface area contributed by atoms with Crippen LogP contribution in [-0.4, -0.2) is 44.4 Å². The predicted octanol–water partition coefficient (Wildman–Crippen LogP) is 0.159. The molecule has 1 aliphatic rings. The maximum absolute atomic E-state index is 12.3. The molecule has 2 rings (SSSR count). The summed E-state index contributed by atoms with van der Waals surface area (Å²) >= 11 is 0. The molecule has 9 heteroatoms. The fourth-order valence-electron chi connectivity index (χ4n) is 2.22. The third kappa shape index (κ3) is 3.06. The van der Waals surface area contributed by atoms with Crippen LogP contribution >= 0.6 is 0 Å². The van der Waals surface area contributed by atoms with Crippen molar-refractivity contribution in [3.05, 3.63) is 28.3 Å². The van der Waals surface area contributed by atoms with E-state index < -0.39 is 20.6 Å². The summed E-state index contributed by atoms with van der Waals surface area (Å²) in [6, 6.07) is 3.31. The van der Waals surface area contributed by atoms with Gasteiger partial charge in [-0.1, -0.05) is 0 Å². The number of anilines is 1. The molecule has 0 saturated carbocycles. The Labute approximate surface area is 116 Å². The second-order valence-electron chi connectivity index (χ2n) is 4.85. The van der Waals surface area contributed by atoms with Gasteiger partial charge < -0.3 is 10.6 Å². The lowest BCUT2D eigenvalue weighted by Crippen LogP contribution is -2.36. The fraction of sp³-hybridized carbons (Fsp3) is 0.455. The Bertz CT molecular complexity index is 631. The summed E-state index contributed by atoms with van der Waals surface area (Å²) < 4.78 is 27.0. The number of benzene rings is 1. The first-order chi connectivity index (χ1) is 9.29. The zero-order valence-corrected chi connectivity index (χ0v) is 11.8. The Hall–Kier alpha value is -1.71. The average Bonchev–Trinajstić information content (AvgIpc) is 2.73. The standard InChI is InChI=1S/C11H16N4O4S/c1-14-5-4-9(7-14)13-20(18,19)11-3-2-8(12)6-10(11)15(16)17/h2-3,6,9,13H,4-5,7,12H2,1H3. The van der Waals surface area contributed by atoms with Crippen LogP contribution in [0, 0.1) is 10.1 Å². The Morgan fingerprint density at radius 1 is 1.50 bits per heavy atom. The molecule has 3 N–H and O–H groups in total. The van der Waals surface area contributed by atoms with E-state index in [0.29, 0.717) is 13.0 Å². The number of nitro groups is 1. The van der Waals surface area contributed by atoms with Crippen molar-refractivity contribution in [2.24, 2.45) is 0 Å². The Morgan fingerprint density at radius 3 is 2.75 bits per heavy atom. The van der Waals surface area contributed by atoms with Crippen molar-refractivity contribution in [1.82, 2.24) is 9.62 Å². The van der Waals surface area contributed by atoms with E-state index in [4.69, 9.17) is 5.73 Å². The van der Waals surface area contributed by atoms with Crippen molar-refractivity contribution >= 4 is 21.4 Å². The first kappa shape index (κ1) is 14.7. The minimum atomic E-state index is -3.93. The minimum absolute atomic E-state index is 0.149. The number of nitrogens with one attached hydrogen (secondary N) is 1. The topological polar surface area (TPSA) is 119 Å². The van der Waals surface area contributed by atoms with Crippen LogP contribution in [0.15, 0.2) is 23.1 Å². The Morgan fingerprint density at radius 2 is 2.20 bits per heavy atom. The van der Waals surface area contributed by atoms with E-state index in [-0.39, 0.29) is 16.6 Å². The van der Waals surface area contributed by atoms with Gasteiger partial charge in [0, 0.05) is 24.3 Å². The molecule has 0 radical (unpaired) electrons. The van der Waals surface area contributed by atoms with Gasteiger partial charge in [-0.2, -0.15) is 0 Å². The summed E-state index contributed by atoms with van der Waals surface area (Å²) in [6.07, 6.45) is 0.679. The quantitative estimate of drug-likeness (QED) is 0.464. The van der Waals surface area contributed by atoms with Crippen LogP contribution in [0.25, 0.3) is 0 Å². The normalized spacial score (nSPS) is 20.1. The van der Waals surface area contributed by atoms with Crippen molar-refractivity contribution in [1.29, 1.82) is 0 Å². The highest BCUT2D eigenvalue weighted by Crippen LogP contribution is 2.26. The van der Waals surface area contributed by atoms with Gasteiger partial charge >= 0.3 is 0 Å². The summed E-state index contributed by atoms with van der Waals surface area (Å²) in [5, 5.41) is 11.0. The highest BCUT2D eigenvalue weighted by molar-refractivity contribution is 7.89. The first-order valence-electron chi connectivity index (χ1n) is 6.04. The molecule has 110 valence electrons. The van der Waals surface area contributed by atoms with E-state index in [1.807, 2.05) is 11.9 Å². The molecule has 1 aliphatic heterocycles. The maximum atomic E-state index is 12.3. The molecule has 0 aromatic heterocycles. The fourth-order valence-corrected chi connectivity index (χ4v) is 3.63. The zero-order chi connectivity index (χ0) is 14.9. The molecule has 1 fully saturated rings. The van der Waals surface area contributed by atoms with Gasteiger partial charge in [0.15, 0.2) is 4.90 Å². The van der Waals surface area contributed by atoms with Crippen molar-refractivity contribution in [2.75, 3.05) is 25.9 Å². The van der Waals surface area contributed by atoms with Gasteiger partial charge in [0.05, 0.1) is 4.92 Å². The molecule has 1 atom stereocenters. The third-order valence-electron chi connectivity index (χ3n) is 3.18. The molecular weight excluding hydrogens is 284 g/mol. The average molecular weight is 300 g/mol. The number of sulfonamides is 1. The molecule has 1 aromatic carbocycles. The zero-order valence-electron chi connectivity index (χ0n) is 10.9. The van der Waals surface area contributed by atoms with Crippen LogP contribution in [0.3, 0.4) is 0 Å². The number of hydrogen-bond acceptors (Lipinski definition) is 6. The van der Waals surface area contributed by atoms with Crippen LogP contribution in [-0.2, 0) is 10.0 Å². The minimum Gasteiger partial charge on any atom is -0.399 e. The highest BCUT2D eigenvalue weighted by Gasteiger charge is 2.30. The first-order valence-corrected chi connectivity index (χ1v) is 7.53. The number of nitrogen functional groups attached to an aromatic ring is 1. The smallest absolute Gasteiger partial charge is 0.291 e. The van der Waals surface area contributed by atoms with Gasteiger partial charge in [-0.3, -0.25) is 10.1 Å². The molecule has 0 aliphatic carbocycles. The molecule has 8 nitrogen and oxygen atoms in total. The van der Waals surface area contributed by atoms with E-state index >= 15 is 0 Å². The lowest BCUT2D eigenvalue weighted by Gasteiger charge is -2.13. The molecule has 1 heterocycles. The molecule has 0 amide bonds. The monoisotopic (exact) mass is 300 g/mol. The molecular formula is C11H16N4O4S. The van der Waals surface area contributed by atoms with Gasteiger partial charge in [-0.15, -0.1) is 0 Å². The van der Waals surface area contributed by atoms with Crippen LogP contribution < -0.4 is 10.5 Å². The summed E-state index contributed by atoms with van der Waals surface area (Å²) in [5.74, 6) is 0. The lowest BCUT2D eigenvalue weighted by atomic mass is 10.3. The number of nitrogens with two attached hydrogens (primary N) is 1. The number of hydrogen-bond donors (Lipinski definition) is 2. The summed E-state index contributed by atoms with van der Waals surface area (Å²) in [6.45, 7) is 1.37. The summed E-state index contributed by atoms with van der Waals surface area (Å²) in [7, 11) is -2.04. The van der Waals surface area contributed by atoms with Crippen molar-refractivity contribution in [3.8, 4) is 0 Å². The van der Waals surface area contributed by atoms with E-state index in [2.05, 4.69) is 4.72 Å². The van der Waals surface area contributed by atoms with Crippen molar-refractivity contribution < 1.29 is 13.3 Å². The van der Waals surface area contributed by atoms with Crippen LogP contribution in [0.5, 0.6) is 0 Å². The van der Waals surface area contributed by atoms with Crippen molar-refractivity contribution in [3.63, 3.8) is 0 Å². The number of rotatable bonds is 4. The number of nitro benzene ring substituents is 1. The van der Waals surface area contributed by atoms with Crippen LogP contribution in [0.4, 0.5) is 11.4 Å². The Kier molecular flexibility index (Phi) is 3.93. The van der Waals surface area contributed by atoms with Gasteiger partial charge in [-0.05, 0) is 32.1 Å². The lowest BCUT2D eigenvalue weighted by molar-refractivity contribution is -0.387. The van der Waals surface area contributed by atoms with Gasteiger partial charge in [0.1, 0.15) is 0 Å². The van der Waals surface area contributed by atoms with Gasteiger partial charge in [0.2, 0.25) is 10.0 Å². The number of likely N-dealkylation sites (N-methyl/N-ethyl adjacent to an activating group) is 1. The number of nitrogens with zero attached hydrogens (tertiary/aromatic N) is 2. The van der Waals surface area contributed by atoms with E-state index in [1.54, 1.807) is 0 Å². The van der Waals surface area contributed by atoms with Crippen molar-refractivity contribution in [2.45, 2.75) is 17.4 Å². The predicted molar refractivity (Wildman–Crippen MR) is 73.7 cm³/mol. The largest absolute Gasteiger partial charge is 0.399 e. The molecule has 1 saturated heterocycles. The van der Waals surface area contributed by atoms with Gasteiger partial charge in [0.25, 0.3) is 5.69 Å². The molecule has 0 bridgehead atoms. The SMILES string of the molecule is CN1CCC(NS(=O)(=O)c2ccc(N)cc2[N+](=O)[O-])C1. The third-order valence-corrected chi connectivity index (χ3v) is 4.75. The molecule has 1 unspecified atom stereocenters. The van der Waals surface area contributed by atoms with Crippen LogP contribution in [0.1, 0.15) is 6.42 Å². The molecule has 20 heavy (non-hydrogen) atoms. The van der Waals surface area contributed by atoms with E-state index in [9.17, 15) is 18.5 Å². The summed E-state index contributed by atoms with van der Waals surface area (Å²) in [4.78, 5) is 11.9. The Balaban J connectivity index is 2.32. The summed E-state index contributed by atoms with van der Waals surface area (Å²) in [5.41, 5.74) is 5.10. The molecule has 0 spiro atoms. The number of likely N-dealkylation sites (tertiary alicyclic amines) is 1. The second kappa shape index (κ2) is 5.35. The maximum Gasteiger partial charge on any atom is 0.291 e. The highest BCUT2D eigenvalue weighted by atomic mass is 32.2. The van der Waals surface area contributed by atoms with E-state index in [1.165, 1.54) is 6.07 Å².